The molecular weight excluding hydrogens is 217 g/mol. The van der Waals surface area contributed by atoms with Gasteiger partial charge in [0, 0.05) is 11.6 Å². The molecule has 1 aromatic carbocycles. The highest BCUT2D eigenvalue weighted by atomic mass is 19.1. The Hall–Kier alpha value is -1.09. The van der Waals surface area contributed by atoms with E-state index >= 15 is 0 Å². The van der Waals surface area contributed by atoms with Crippen LogP contribution in [-0.4, -0.2) is 11.7 Å². The highest BCUT2D eigenvalue weighted by molar-refractivity contribution is 5.34. The van der Waals surface area contributed by atoms with Gasteiger partial charge in [-0.1, -0.05) is 19.3 Å². The maximum absolute atomic E-state index is 13.1. The number of hydrogen-bond donors (Lipinski definition) is 2. The van der Waals surface area contributed by atoms with Gasteiger partial charge in [0.1, 0.15) is 11.6 Å². The molecule has 0 bridgehead atoms. The largest absolute Gasteiger partial charge is 0.508 e. The van der Waals surface area contributed by atoms with Gasteiger partial charge in [-0.2, -0.15) is 0 Å². The van der Waals surface area contributed by atoms with Crippen LogP contribution in [0, 0.1) is 11.7 Å². The van der Waals surface area contributed by atoms with E-state index in [9.17, 15) is 9.50 Å². The lowest BCUT2D eigenvalue weighted by atomic mass is 9.83. The molecule has 1 aliphatic carbocycles. The number of hydrogen-bond acceptors (Lipinski definition) is 2. The fourth-order valence-electron chi connectivity index (χ4n) is 2.27. The van der Waals surface area contributed by atoms with Gasteiger partial charge in [0.15, 0.2) is 0 Å². The van der Waals surface area contributed by atoms with Crippen molar-refractivity contribution in [3.8, 4) is 5.75 Å². The standard InChI is InChI=1S/C14H20FNO/c1-10(16-8-7-11-3-2-4-11)13-9-12(15)5-6-14(13)17/h5-6,9-11,16-17H,2-4,7-8H2,1H3. The summed E-state index contributed by atoms with van der Waals surface area (Å²) in [6, 6.07) is 4.08. The van der Waals surface area contributed by atoms with Crippen LogP contribution in [0.1, 0.15) is 44.2 Å². The zero-order valence-corrected chi connectivity index (χ0v) is 10.2. The van der Waals surface area contributed by atoms with E-state index in [4.69, 9.17) is 0 Å². The lowest BCUT2D eigenvalue weighted by Crippen LogP contribution is -2.24. The van der Waals surface area contributed by atoms with Gasteiger partial charge in [0.05, 0.1) is 0 Å². The number of phenols is 1. The van der Waals surface area contributed by atoms with E-state index in [0.717, 1.165) is 12.5 Å². The van der Waals surface area contributed by atoms with Crippen LogP contribution in [0.25, 0.3) is 0 Å². The van der Waals surface area contributed by atoms with Crippen LogP contribution in [0.2, 0.25) is 0 Å². The third-order valence-electron chi connectivity index (χ3n) is 3.68. The van der Waals surface area contributed by atoms with Crippen molar-refractivity contribution in [2.75, 3.05) is 6.54 Å². The first-order valence-electron chi connectivity index (χ1n) is 6.38. The first-order valence-corrected chi connectivity index (χ1v) is 6.38. The third kappa shape index (κ3) is 3.19. The summed E-state index contributed by atoms with van der Waals surface area (Å²) in [6.45, 7) is 2.89. The van der Waals surface area contributed by atoms with E-state index < -0.39 is 0 Å². The highest BCUT2D eigenvalue weighted by Gasteiger charge is 2.17. The summed E-state index contributed by atoms with van der Waals surface area (Å²) in [4.78, 5) is 0. The van der Waals surface area contributed by atoms with Crippen molar-refractivity contribution in [1.82, 2.24) is 5.32 Å². The molecule has 0 amide bonds. The van der Waals surface area contributed by atoms with Crippen LogP contribution in [-0.2, 0) is 0 Å². The van der Waals surface area contributed by atoms with Crippen molar-refractivity contribution in [2.45, 2.75) is 38.6 Å². The van der Waals surface area contributed by atoms with Gasteiger partial charge in [0.25, 0.3) is 0 Å². The number of halogens is 1. The first-order chi connectivity index (χ1) is 8.16. The summed E-state index contributed by atoms with van der Waals surface area (Å²) >= 11 is 0. The van der Waals surface area contributed by atoms with Crippen LogP contribution >= 0.6 is 0 Å². The summed E-state index contributed by atoms with van der Waals surface area (Å²) in [7, 11) is 0. The molecule has 17 heavy (non-hydrogen) atoms. The Bertz CT molecular complexity index is 376. The Labute approximate surface area is 102 Å². The topological polar surface area (TPSA) is 32.3 Å². The van der Waals surface area contributed by atoms with Crippen LogP contribution < -0.4 is 5.32 Å². The molecule has 94 valence electrons. The molecule has 2 N–H and O–H groups in total. The molecule has 1 saturated carbocycles. The van der Waals surface area contributed by atoms with Gasteiger partial charge in [-0.25, -0.2) is 4.39 Å². The van der Waals surface area contributed by atoms with E-state index in [1.54, 1.807) is 0 Å². The molecule has 1 aliphatic rings. The molecule has 1 atom stereocenters. The third-order valence-corrected chi connectivity index (χ3v) is 3.68. The van der Waals surface area contributed by atoms with Gasteiger partial charge in [-0.3, -0.25) is 0 Å². The smallest absolute Gasteiger partial charge is 0.123 e. The van der Waals surface area contributed by atoms with E-state index in [1.807, 2.05) is 6.92 Å². The van der Waals surface area contributed by atoms with Crippen molar-refractivity contribution in [3.05, 3.63) is 29.6 Å². The minimum atomic E-state index is -0.301. The Morgan fingerprint density at radius 3 is 2.88 bits per heavy atom. The number of phenolic OH excluding ortho intramolecular Hbond substituents is 1. The maximum Gasteiger partial charge on any atom is 0.123 e. The quantitative estimate of drug-likeness (QED) is 0.823. The molecule has 1 aromatic rings. The van der Waals surface area contributed by atoms with E-state index in [-0.39, 0.29) is 17.6 Å². The normalized spacial score (nSPS) is 17.8. The highest BCUT2D eigenvalue weighted by Crippen LogP contribution is 2.29. The lowest BCUT2D eigenvalue weighted by Gasteiger charge is -2.26. The molecular formula is C14H20FNO. The van der Waals surface area contributed by atoms with Crippen LogP contribution in [0.4, 0.5) is 4.39 Å². The van der Waals surface area contributed by atoms with Crippen LogP contribution in [0.3, 0.4) is 0 Å². The minimum Gasteiger partial charge on any atom is -0.508 e. The molecule has 0 spiro atoms. The second kappa shape index (κ2) is 5.50. The fourth-order valence-corrected chi connectivity index (χ4v) is 2.27. The van der Waals surface area contributed by atoms with Crippen molar-refractivity contribution < 1.29 is 9.50 Å². The Kier molecular flexibility index (Phi) is 4.00. The molecule has 0 aliphatic heterocycles. The van der Waals surface area contributed by atoms with Gasteiger partial charge in [0.2, 0.25) is 0 Å². The van der Waals surface area contributed by atoms with Crippen molar-refractivity contribution in [2.24, 2.45) is 5.92 Å². The molecule has 0 aromatic heterocycles. The van der Waals surface area contributed by atoms with Gasteiger partial charge in [-0.15, -0.1) is 0 Å². The minimum absolute atomic E-state index is 0.00854. The average molecular weight is 237 g/mol. The SMILES string of the molecule is CC(NCCC1CCC1)c1cc(F)ccc1O. The van der Waals surface area contributed by atoms with E-state index in [2.05, 4.69) is 5.32 Å². The molecule has 0 radical (unpaired) electrons. The number of benzene rings is 1. The van der Waals surface area contributed by atoms with Crippen molar-refractivity contribution >= 4 is 0 Å². The molecule has 2 nitrogen and oxygen atoms in total. The molecule has 3 heteroatoms. The Morgan fingerprint density at radius 2 is 2.24 bits per heavy atom. The fraction of sp³-hybridized carbons (Fsp3) is 0.571. The second-order valence-corrected chi connectivity index (χ2v) is 4.96. The Morgan fingerprint density at radius 1 is 1.47 bits per heavy atom. The maximum atomic E-state index is 13.1. The number of aromatic hydroxyl groups is 1. The predicted molar refractivity (Wildman–Crippen MR) is 66.4 cm³/mol. The average Bonchev–Trinajstić information content (AvgIpc) is 2.25. The van der Waals surface area contributed by atoms with E-state index in [0.29, 0.717) is 5.56 Å². The molecule has 0 saturated heterocycles. The predicted octanol–water partition coefficient (Wildman–Crippen LogP) is 3.37. The zero-order valence-electron chi connectivity index (χ0n) is 10.2. The van der Waals surface area contributed by atoms with Gasteiger partial charge >= 0.3 is 0 Å². The summed E-state index contributed by atoms with van der Waals surface area (Å²) < 4.78 is 13.1. The van der Waals surface area contributed by atoms with Crippen LogP contribution in [0.15, 0.2) is 18.2 Å². The summed E-state index contributed by atoms with van der Waals surface area (Å²) in [5.74, 6) is 0.733. The first kappa shape index (κ1) is 12.4. The summed E-state index contributed by atoms with van der Waals surface area (Å²) in [5, 5.41) is 13.0. The number of nitrogens with one attached hydrogen (secondary N) is 1. The zero-order chi connectivity index (χ0) is 12.3. The van der Waals surface area contributed by atoms with Crippen LogP contribution in [0.5, 0.6) is 5.75 Å². The monoisotopic (exact) mass is 237 g/mol. The van der Waals surface area contributed by atoms with Gasteiger partial charge < -0.3 is 10.4 Å². The van der Waals surface area contributed by atoms with Crippen molar-refractivity contribution in [1.29, 1.82) is 0 Å². The van der Waals surface area contributed by atoms with E-state index in [1.165, 1.54) is 43.9 Å². The lowest BCUT2D eigenvalue weighted by molar-refractivity contribution is 0.288. The number of rotatable bonds is 5. The second-order valence-electron chi connectivity index (χ2n) is 4.96. The molecule has 2 rings (SSSR count). The summed E-state index contributed by atoms with van der Waals surface area (Å²) in [5.41, 5.74) is 0.638. The molecule has 0 heterocycles. The molecule has 1 unspecified atom stereocenters. The Balaban J connectivity index is 1.85. The molecule has 1 fully saturated rings. The van der Waals surface area contributed by atoms with Gasteiger partial charge in [-0.05, 0) is 44.0 Å². The summed E-state index contributed by atoms with van der Waals surface area (Å²) in [6.07, 6.45) is 5.24. The van der Waals surface area contributed by atoms with Crippen molar-refractivity contribution in [3.63, 3.8) is 0 Å².